The van der Waals surface area contributed by atoms with Crippen LogP contribution < -0.4 is 16.0 Å². The van der Waals surface area contributed by atoms with Crippen molar-refractivity contribution in [2.45, 2.75) is 33.3 Å². The van der Waals surface area contributed by atoms with Gasteiger partial charge in [-0.15, -0.1) is 0 Å². The molecule has 7 heteroatoms. The van der Waals surface area contributed by atoms with Crippen molar-refractivity contribution >= 4 is 17.7 Å². The summed E-state index contributed by atoms with van der Waals surface area (Å²) >= 11 is 0. The number of carbonyl (C=O) groups excluding carboxylic acids is 2. The van der Waals surface area contributed by atoms with Crippen LogP contribution in [0.3, 0.4) is 0 Å². The Morgan fingerprint density at radius 1 is 1.43 bits per heavy atom. The van der Waals surface area contributed by atoms with Crippen molar-refractivity contribution < 1.29 is 18.7 Å². The van der Waals surface area contributed by atoms with Crippen molar-refractivity contribution in [1.82, 2.24) is 10.6 Å². The first-order valence-electron chi connectivity index (χ1n) is 7.06. The fraction of sp³-hybridized carbons (Fsp3) is 0.571. The molecule has 0 saturated heterocycles. The van der Waals surface area contributed by atoms with Crippen molar-refractivity contribution in [3.05, 3.63) is 16.9 Å². The zero-order valence-electron chi connectivity index (χ0n) is 12.5. The molecule has 21 heavy (non-hydrogen) atoms. The van der Waals surface area contributed by atoms with Crippen molar-refractivity contribution in [2.75, 3.05) is 25.1 Å². The van der Waals surface area contributed by atoms with E-state index in [1.54, 1.807) is 6.92 Å². The summed E-state index contributed by atoms with van der Waals surface area (Å²) in [5, 5.41) is 8.31. The van der Waals surface area contributed by atoms with Crippen molar-refractivity contribution in [1.29, 1.82) is 0 Å². The second-order valence-corrected chi connectivity index (χ2v) is 5.13. The van der Waals surface area contributed by atoms with Gasteiger partial charge in [0.1, 0.15) is 11.3 Å². The second kappa shape index (κ2) is 6.62. The fourth-order valence-corrected chi connectivity index (χ4v) is 2.13. The molecule has 1 aliphatic heterocycles. The van der Waals surface area contributed by atoms with E-state index >= 15 is 0 Å². The first-order valence-corrected chi connectivity index (χ1v) is 7.06. The second-order valence-electron chi connectivity index (χ2n) is 5.13. The molecule has 0 aliphatic carbocycles. The van der Waals surface area contributed by atoms with E-state index in [4.69, 9.17) is 9.15 Å². The number of hydrogen-bond donors (Lipinski definition) is 3. The summed E-state index contributed by atoms with van der Waals surface area (Å²) in [5.41, 5.74) is 0.564. The molecule has 1 aliphatic rings. The number of carbonyl (C=O) groups is 2. The molecule has 0 unspecified atom stereocenters. The Kier molecular flexibility index (Phi) is 4.85. The molecule has 0 bridgehead atoms. The van der Waals surface area contributed by atoms with Crippen LogP contribution in [0.15, 0.2) is 4.42 Å². The van der Waals surface area contributed by atoms with Crippen LogP contribution in [0.5, 0.6) is 0 Å². The lowest BCUT2D eigenvalue weighted by molar-refractivity contribution is 0.0756. The number of anilines is 1. The van der Waals surface area contributed by atoms with Crippen LogP contribution in [-0.4, -0.2) is 37.7 Å². The third-order valence-electron chi connectivity index (χ3n) is 3.09. The van der Waals surface area contributed by atoms with Gasteiger partial charge in [0.15, 0.2) is 0 Å². The molecule has 0 aromatic carbocycles. The molecule has 1 aromatic heterocycles. The first-order chi connectivity index (χ1) is 10.0. The predicted molar refractivity (Wildman–Crippen MR) is 77.4 cm³/mol. The maximum Gasteiger partial charge on any atom is 0.259 e. The molecule has 3 N–H and O–H groups in total. The molecule has 116 valence electrons. The number of fused-ring (bicyclic) bond motifs is 1. The number of amides is 2. The maximum atomic E-state index is 12.2. The molecule has 7 nitrogen and oxygen atoms in total. The summed E-state index contributed by atoms with van der Waals surface area (Å²) in [6, 6.07) is 0. The highest BCUT2D eigenvalue weighted by molar-refractivity contribution is 6.11. The van der Waals surface area contributed by atoms with Gasteiger partial charge in [-0.2, -0.15) is 0 Å². The van der Waals surface area contributed by atoms with Gasteiger partial charge in [-0.1, -0.05) is 0 Å². The quantitative estimate of drug-likeness (QED) is 0.687. The normalized spacial score (nSPS) is 13.6. The lowest BCUT2D eigenvalue weighted by Gasteiger charge is -2.14. The van der Waals surface area contributed by atoms with Crippen LogP contribution in [0.1, 0.15) is 46.7 Å². The van der Waals surface area contributed by atoms with Crippen molar-refractivity contribution in [3.63, 3.8) is 0 Å². The molecular formula is C14H21N3O4. The van der Waals surface area contributed by atoms with E-state index in [0.717, 1.165) is 0 Å². The SMILES string of the molecule is Cc1oc2c(c1C(=O)NCCCOC(C)C)C(=O)NCN2. The minimum Gasteiger partial charge on any atom is -0.444 e. The number of rotatable bonds is 6. The monoisotopic (exact) mass is 295 g/mol. The minimum absolute atomic E-state index is 0.179. The van der Waals surface area contributed by atoms with Crippen LogP contribution in [0.2, 0.25) is 0 Å². The molecule has 2 rings (SSSR count). The molecule has 0 atom stereocenters. The highest BCUT2D eigenvalue weighted by Crippen LogP contribution is 2.28. The molecule has 2 amide bonds. The Balaban J connectivity index is 1.97. The van der Waals surface area contributed by atoms with Gasteiger partial charge >= 0.3 is 0 Å². The Hall–Kier alpha value is -2.02. The minimum atomic E-state index is -0.305. The van der Waals surface area contributed by atoms with Crippen molar-refractivity contribution in [2.24, 2.45) is 0 Å². The summed E-state index contributed by atoms with van der Waals surface area (Å²) in [7, 11) is 0. The molecule has 0 radical (unpaired) electrons. The van der Waals surface area contributed by atoms with E-state index < -0.39 is 0 Å². The Morgan fingerprint density at radius 3 is 2.90 bits per heavy atom. The molecule has 1 aromatic rings. The van der Waals surface area contributed by atoms with Crippen molar-refractivity contribution in [3.8, 4) is 0 Å². The van der Waals surface area contributed by atoms with Gasteiger partial charge in [-0.05, 0) is 27.2 Å². The first kappa shape index (κ1) is 15.4. The Morgan fingerprint density at radius 2 is 2.19 bits per heavy atom. The van der Waals surface area contributed by atoms with Crippen LogP contribution in [0.4, 0.5) is 5.88 Å². The number of aryl methyl sites for hydroxylation is 1. The highest BCUT2D eigenvalue weighted by atomic mass is 16.5. The predicted octanol–water partition coefficient (Wildman–Crippen LogP) is 1.25. The van der Waals surface area contributed by atoms with Crippen LogP contribution in [0, 0.1) is 6.92 Å². The summed E-state index contributed by atoms with van der Waals surface area (Å²) in [4.78, 5) is 24.1. The molecular weight excluding hydrogens is 274 g/mol. The topological polar surface area (TPSA) is 92.6 Å². The smallest absolute Gasteiger partial charge is 0.259 e. The zero-order chi connectivity index (χ0) is 15.4. The lowest BCUT2D eigenvalue weighted by Crippen LogP contribution is -2.36. The number of ether oxygens (including phenoxy) is 1. The molecule has 0 spiro atoms. The van der Waals surface area contributed by atoms with Gasteiger partial charge in [0.25, 0.3) is 11.8 Å². The zero-order valence-corrected chi connectivity index (χ0v) is 12.5. The molecule has 2 heterocycles. The third kappa shape index (κ3) is 3.55. The largest absolute Gasteiger partial charge is 0.444 e. The standard InChI is InChI=1S/C14H21N3O4/c1-8(2)20-6-4-5-15-12(18)10-9(3)21-14-11(10)13(19)16-7-17-14/h8,17H,4-7H2,1-3H3,(H,15,18)(H,16,19). The summed E-state index contributed by atoms with van der Waals surface area (Å²) in [5.74, 6) is 0.180. The van der Waals surface area contributed by atoms with Gasteiger partial charge in [-0.3, -0.25) is 9.59 Å². The maximum absolute atomic E-state index is 12.2. The fourth-order valence-electron chi connectivity index (χ4n) is 2.13. The lowest BCUT2D eigenvalue weighted by atomic mass is 10.1. The molecule has 0 fully saturated rings. The summed E-state index contributed by atoms with van der Waals surface area (Å²) < 4.78 is 10.8. The van der Waals surface area contributed by atoms with Crippen LogP contribution in [-0.2, 0) is 4.74 Å². The van der Waals surface area contributed by atoms with E-state index in [1.807, 2.05) is 13.8 Å². The van der Waals surface area contributed by atoms with Gasteiger partial charge < -0.3 is 25.1 Å². The van der Waals surface area contributed by atoms with Crippen LogP contribution in [0.25, 0.3) is 0 Å². The van der Waals surface area contributed by atoms with E-state index in [2.05, 4.69) is 16.0 Å². The number of furan rings is 1. The Bertz CT molecular complexity index is 537. The van der Waals surface area contributed by atoms with Crippen LogP contribution >= 0.6 is 0 Å². The summed E-state index contributed by atoms with van der Waals surface area (Å²) in [6.45, 7) is 6.97. The van der Waals surface area contributed by atoms with E-state index in [1.165, 1.54) is 0 Å². The average molecular weight is 295 g/mol. The van der Waals surface area contributed by atoms with Gasteiger partial charge in [0.2, 0.25) is 5.88 Å². The Labute approximate surface area is 123 Å². The van der Waals surface area contributed by atoms with Gasteiger partial charge in [-0.25, -0.2) is 0 Å². The third-order valence-corrected chi connectivity index (χ3v) is 3.09. The highest BCUT2D eigenvalue weighted by Gasteiger charge is 2.30. The van der Waals surface area contributed by atoms with E-state index in [-0.39, 0.29) is 23.5 Å². The van der Waals surface area contributed by atoms with Gasteiger partial charge in [0.05, 0.1) is 18.3 Å². The number of hydrogen-bond acceptors (Lipinski definition) is 5. The van der Waals surface area contributed by atoms with E-state index in [0.29, 0.717) is 43.4 Å². The van der Waals surface area contributed by atoms with Gasteiger partial charge in [0, 0.05) is 13.2 Å². The summed E-state index contributed by atoms with van der Waals surface area (Å²) in [6.07, 6.45) is 0.895. The van der Waals surface area contributed by atoms with E-state index in [9.17, 15) is 9.59 Å². The average Bonchev–Trinajstić information content (AvgIpc) is 2.75. The molecule has 0 saturated carbocycles. The number of nitrogens with one attached hydrogen (secondary N) is 3.